The van der Waals surface area contributed by atoms with Crippen LogP contribution in [0.15, 0.2) is 187 Å². The normalized spacial score (nSPS) is 15.0. The van der Waals surface area contributed by atoms with Gasteiger partial charge in [0.05, 0.1) is 30.9 Å². The summed E-state index contributed by atoms with van der Waals surface area (Å²) >= 11 is 0. The second-order valence-electron chi connectivity index (χ2n) is 16.3. The molecule has 0 saturated heterocycles. The fourth-order valence-electron chi connectivity index (χ4n) is 7.88. The van der Waals surface area contributed by atoms with Crippen molar-refractivity contribution in [2.45, 2.75) is 51.2 Å². The van der Waals surface area contributed by atoms with Gasteiger partial charge in [-0.2, -0.15) is 0 Å². The summed E-state index contributed by atoms with van der Waals surface area (Å²) in [4.78, 5) is 13.8. The second kappa shape index (κ2) is 18.1. The Labute approximate surface area is 399 Å². The number of aromatic nitrogens is 3. The number of aryl methyl sites for hydroxylation is 4. The van der Waals surface area contributed by atoms with Gasteiger partial charge in [-0.15, -0.1) is 0 Å². The third-order valence-electron chi connectivity index (χ3n) is 11.4. The van der Waals surface area contributed by atoms with Crippen molar-refractivity contribution in [3.8, 4) is 44.9 Å². The molecule has 0 saturated carbocycles. The van der Waals surface area contributed by atoms with E-state index in [4.69, 9.17) is 17.6 Å². The van der Waals surface area contributed by atoms with Gasteiger partial charge < -0.3 is 4.42 Å². The highest BCUT2D eigenvalue weighted by Crippen LogP contribution is 2.41. The van der Waals surface area contributed by atoms with Crippen molar-refractivity contribution in [1.29, 1.82) is 0 Å². The van der Waals surface area contributed by atoms with Crippen molar-refractivity contribution in [2.24, 2.45) is 0 Å². The molecule has 0 bridgehead atoms. The summed E-state index contributed by atoms with van der Waals surface area (Å²) in [5.74, 6) is -1.93. The van der Waals surface area contributed by atoms with Crippen LogP contribution in [0.3, 0.4) is 0 Å². The van der Waals surface area contributed by atoms with Gasteiger partial charge in [-0.05, 0) is 161 Å². The van der Waals surface area contributed by atoms with Gasteiger partial charge >= 0.3 is 0 Å². The number of furan rings is 1. The predicted octanol–water partition coefficient (Wildman–Crippen LogP) is 14.9. The van der Waals surface area contributed by atoms with E-state index in [1.54, 1.807) is 92.7 Å². The van der Waals surface area contributed by atoms with E-state index in [0.717, 1.165) is 0 Å². The monoisotopic (exact) mass is 881 g/mol. The van der Waals surface area contributed by atoms with E-state index < -0.39 is 89.4 Å². The topological polar surface area (TPSA) is 51.8 Å². The summed E-state index contributed by atoms with van der Waals surface area (Å²) < 4.78 is 158. The van der Waals surface area contributed by atoms with E-state index in [1.165, 1.54) is 67.1 Å². The molecule has 4 heterocycles. The summed E-state index contributed by atoms with van der Waals surface area (Å²) in [7, 11) is 0. The SMILES string of the molecule is [2H]c1cc2c(oc3c(-c4ccc(C(C)(C)C([2H])([2H])c5cc(C([2H])([2H])Cc6ccc(-c7ccc(F)cc7)nc6)cc(C([2H])([2H])Cc6ccc(-c7ccc(F)cc7)nc6)c5)cn4)cccc32)c(-c2c([2H])c([2H])c([2H])c([2H])c2[2H])c1F. The molecule has 0 aliphatic carbocycles. The highest BCUT2D eigenvalue weighted by atomic mass is 19.1. The first-order chi connectivity index (χ1) is 36.9. The zero-order valence-electron chi connectivity index (χ0n) is 47.7. The molecule has 0 unspecified atom stereocenters. The largest absolute Gasteiger partial charge is 0.455 e. The van der Waals surface area contributed by atoms with Crippen molar-refractivity contribution < 1.29 is 34.0 Å². The average molecular weight is 882 g/mol. The van der Waals surface area contributed by atoms with Gasteiger partial charge in [0, 0.05) is 54.3 Å². The molecule has 0 atom stereocenters. The zero-order chi connectivity index (χ0) is 55.8. The molecular formula is C59H46F3N3O. The molecule has 6 aromatic carbocycles. The summed E-state index contributed by atoms with van der Waals surface area (Å²) in [6.07, 6.45) is -2.62. The number of pyridine rings is 3. The van der Waals surface area contributed by atoms with Crippen molar-refractivity contribution in [3.05, 3.63) is 233 Å². The molecular weight excluding hydrogens is 824 g/mol. The van der Waals surface area contributed by atoms with Crippen LogP contribution in [0.25, 0.3) is 66.8 Å². The molecule has 4 nitrogen and oxygen atoms in total. The molecule has 0 fully saturated rings. The molecule has 10 aromatic rings. The standard InChI is InChI=1S/C59H46F3N3O/c1-59(2,46-21-30-55(65-37-46)51-10-6-9-49-50-26-27-52(62)56(58(50)66-57(49)51)45-7-4-3-5-8-45)34-42-32-40(13-11-38-15-28-53(63-35-38)43-17-22-47(60)23-18-43)31-41(33-42)14-12-39-16-29-54(64-36-39)44-19-24-48(61)25-20-44/h3-10,15-33,35-37H,11-14,34H2,1-2H3/i3D,4D,5D,7D,8D,13D2,14D2,27D,34D2. The van der Waals surface area contributed by atoms with Gasteiger partial charge in [0.15, 0.2) is 0 Å². The number of rotatable bonds is 13. The van der Waals surface area contributed by atoms with Gasteiger partial charge in [0.25, 0.3) is 0 Å². The summed E-state index contributed by atoms with van der Waals surface area (Å²) in [6.45, 7) is 3.32. The Morgan fingerprint density at radius 1 is 0.530 bits per heavy atom. The van der Waals surface area contributed by atoms with E-state index in [1.807, 2.05) is 0 Å². The molecule has 0 aliphatic heterocycles. The Kier molecular flexibility index (Phi) is 8.36. The van der Waals surface area contributed by atoms with Crippen LogP contribution >= 0.6 is 0 Å². The third-order valence-corrected chi connectivity index (χ3v) is 11.4. The number of benzene rings is 6. The van der Waals surface area contributed by atoms with Crippen molar-refractivity contribution >= 4 is 21.9 Å². The highest BCUT2D eigenvalue weighted by Gasteiger charge is 2.24. The molecule has 4 aromatic heterocycles. The molecule has 7 heteroatoms. The van der Waals surface area contributed by atoms with Crippen LogP contribution in [0.4, 0.5) is 13.2 Å². The Hall–Kier alpha value is -7.64. The van der Waals surface area contributed by atoms with Crippen LogP contribution in [-0.2, 0) is 37.4 Å². The van der Waals surface area contributed by atoms with Gasteiger partial charge in [-0.1, -0.05) is 92.6 Å². The molecule has 0 N–H and O–H groups in total. The van der Waals surface area contributed by atoms with E-state index in [9.17, 15) is 17.0 Å². The first-order valence-electron chi connectivity index (χ1n) is 27.1. The molecule has 10 rings (SSSR count). The molecule has 0 amide bonds. The lowest BCUT2D eigenvalue weighted by Gasteiger charge is -2.26. The maximum atomic E-state index is 16.1. The molecule has 0 aliphatic rings. The van der Waals surface area contributed by atoms with Gasteiger partial charge in [-0.3, -0.25) is 15.0 Å². The summed E-state index contributed by atoms with van der Waals surface area (Å²) in [5.41, 5.74) is 2.35. The van der Waals surface area contributed by atoms with Gasteiger partial charge in [0.2, 0.25) is 0 Å². The fraction of sp³-hybridized carbons (Fsp3) is 0.136. The van der Waals surface area contributed by atoms with E-state index >= 15 is 4.39 Å². The van der Waals surface area contributed by atoms with Crippen LogP contribution < -0.4 is 0 Å². The Balaban J connectivity index is 1.01. The van der Waals surface area contributed by atoms with Crippen molar-refractivity contribution in [1.82, 2.24) is 15.0 Å². The van der Waals surface area contributed by atoms with Crippen LogP contribution in [-0.4, -0.2) is 15.0 Å². The summed E-state index contributed by atoms with van der Waals surface area (Å²) in [6, 6.07) is 28.4. The predicted molar refractivity (Wildman–Crippen MR) is 260 cm³/mol. The average Bonchev–Trinajstić information content (AvgIpc) is 3.92. The fourth-order valence-corrected chi connectivity index (χ4v) is 7.88. The van der Waals surface area contributed by atoms with Gasteiger partial charge in [0.1, 0.15) is 28.6 Å². The smallest absolute Gasteiger partial charge is 0.146 e. The van der Waals surface area contributed by atoms with E-state index in [2.05, 4.69) is 9.97 Å². The number of halogens is 3. The van der Waals surface area contributed by atoms with E-state index in [-0.39, 0.29) is 46.1 Å². The highest BCUT2D eigenvalue weighted by molar-refractivity contribution is 6.12. The van der Waals surface area contributed by atoms with Crippen LogP contribution in [0, 0.1) is 17.5 Å². The number of fused-ring (bicyclic) bond motifs is 3. The third kappa shape index (κ3) is 9.02. The zero-order valence-corrected chi connectivity index (χ0v) is 35.7. The molecule has 66 heavy (non-hydrogen) atoms. The minimum absolute atomic E-state index is 0.00523. The van der Waals surface area contributed by atoms with E-state index in [0.29, 0.717) is 55.8 Å². The maximum Gasteiger partial charge on any atom is 0.146 e. The van der Waals surface area contributed by atoms with Crippen molar-refractivity contribution in [3.63, 3.8) is 0 Å². The number of nitrogens with zero attached hydrogens (tertiary/aromatic N) is 3. The molecule has 0 spiro atoms. The maximum absolute atomic E-state index is 16.1. The number of para-hydroxylation sites is 1. The minimum Gasteiger partial charge on any atom is -0.455 e. The molecule has 324 valence electrons. The lowest BCUT2D eigenvalue weighted by molar-refractivity contribution is 0.520. The first-order valence-corrected chi connectivity index (χ1v) is 21.1. The molecule has 0 radical (unpaired) electrons. The van der Waals surface area contributed by atoms with Gasteiger partial charge in [-0.25, -0.2) is 13.2 Å². The lowest BCUT2D eigenvalue weighted by atomic mass is 9.79. The lowest BCUT2D eigenvalue weighted by Crippen LogP contribution is -2.21. The summed E-state index contributed by atoms with van der Waals surface area (Å²) in [5, 5.41) is 0.688. The first kappa shape index (κ1) is 30.5. The number of hydrogen-bond donors (Lipinski definition) is 0. The Morgan fingerprint density at radius 2 is 1.09 bits per heavy atom. The Bertz CT molecular complexity index is 3800. The number of hydrogen-bond acceptors (Lipinski definition) is 4. The van der Waals surface area contributed by atoms with Crippen LogP contribution in [0.2, 0.25) is 0 Å². The Morgan fingerprint density at radius 3 is 1.65 bits per heavy atom. The van der Waals surface area contributed by atoms with Crippen LogP contribution in [0.1, 0.15) is 63.7 Å². The van der Waals surface area contributed by atoms with Crippen LogP contribution in [0.5, 0.6) is 0 Å². The minimum atomic E-state index is -2.33. The van der Waals surface area contributed by atoms with Crippen molar-refractivity contribution in [2.75, 3.05) is 0 Å². The quantitative estimate of drug-likeness (QED) is 0.116. The second-order valence-corrected chi connectivity index (χ2v) is 16.3.